The topological polar surface area (TPSA) is 85.1 Å². The Morgan fingerprint density at radius 2 is 1.90 bits per heavy atom. The molecule has 102 valence electrons. The monoisotopic (exact) mass is 309 g/mol. The molecular weight excluding hydrogens is 301 g/mol. The second-order valence-corrected chi connectivity index (χ2v) is 4.65. The fourth-order valence-corrected chi connectivity index (χ4v) is 1.96. The second-order valence-electron chi connectivity index (χ2n) is 3.86. The van der Waals surface area contributed by atoms with Crippen LogP contribution in [0.4, 0.5) is 5.69 Å². The molecule has 0 aliphatic rings. The summed E-state index contributed by atoms with van der Waals surface area (Å²) in [5, 5.41) is 2.98. The first-order chi connectivity index (χ1) is 9.47. The van der Waals surface area contributed by atoms with E-state index in [2.05, 4.69) is 10.3 Å². The summed E-state index contributed by atoms with van der Waals surface area (Å²) in [5.74, 6) is -1.07. The van der Waals surface area contributed by atoms with E-state index in [1.54, 1.807) is 12.1 Å². The summed E-state index contributed by atoms with van der Waals surface area (Å²) in [4.78, 5) is 26.9. The highest BCUT2D eigenvalue weighted by atomic mass is 35.5. The van der Waals surface area contributed by atoms with Gasteiger partial charge in [0, 0.05) is 5.69 Å². The van der Waals surface area contributed by atoms with Crippen LogP contribution < -0.4 is 11.1 Å². The number of carbonyl (C=O) groups is 2. The van der Waals surface area contributed by atoms with Gasteiger partial charge in [-0.15, -0.1) is 0 Å². The number of primary amides is 1. The summed E-state index contributed by atoms with van der Waals surface area (Å²) in [6.07, 6.45) is 0. The molecule has 0 atom stereocenters. The molecule has 7 heteroatoms. The molecule has 0 spiro atoms. The summed E-state index contributed by atoms with van der Waals surface area (Å²) in [5.41, 5.74) is 5.92. The first-order valence-corrected chi connectivity index (χ1v) is 6.26. The van der Waals surface area contributed by atoms with Crippen LogP contribution in [0.5, 0.6) is 0 Å². The first kappa shape index (κ1) is 14.3. The highest BCUT2D eigenvalue weighted by Gasteiger charge is 2.11. The zero-order valence-corrected chi connectivity index (χ0v) is 11.6. The molecule has 2 rings (SSSR count). The van der Waals surface area contributed by atoms with Gasteiger partial charge in [0.25, 0.3) is 5.91 Å². The summed E-state index contributed by atoms with van der Waals surface area (Å²) in [6, 6.07) is 9.11. The minimum atomic E-state index is -0.635. The van der Waals surface area contributed by atoms with Crippen LogP contribution in [0.3, 0.4) is 0 Å². The number of halogens is 2. The van der Waals surface area contributed by atoms with Crippen molar-refractivity contribution in [1.82, 2.24) is 4.98 Å². The molecule has 0 unspecified atom stereocenters. The lowest BCUT2D eigenvalue weighted by Gasteiger charge is -2.07. The quantitative estimate of drug-likeness (QED) is 0.855. The van der Waals surface area contributed by atoms with Crippen LogP contribution in [0.15, 0.2) is 36.4 Å². The molecule has 0 aliphatic carbocycles. The minimum Gasteiger partial charge on any atom is -0.366 e. The first-order valence-electron chi connectivity index (χ1n) is 5.50. The fraction of sp³-hybridized carbons (Fsp3) is 0. The maximum absolute atomic E-state index is 11.9. The highest BCUT2D eigenvalue weighted by molar-refractivity contribution is 6.34. The third-order valence-corrected chi connectivity index (χ3v) is 2.96. The van der Waals surface area contributed by atoms with E-state index in [9.17, 15) is 9.59 Å². The van der Waals surface area contributed by atoms with E-state index in [1.165, 1.54) is 24.3 Å². The number of anilines is 1. The molecule has 0 bridgehead atoms. The summed E-state index contributed by atoms with van der Waals surface area (Å²) < 4.78 is 0. The van der Waals surface area contributed by atoms with Gasteiger partial charge in [0.1, 0.15) is 10.8 Å². The predicted octanol–water partition coefficient (Wildman–Crippen LogP) is 2.74. The minimum absolute atomic E-state index is 0.161. The molecular formula is C13H9Cl2N3O2. The van der Waals surface area contributed by atoms with Crippen LogP contribution in [0.25, 0.3) is 0 Å². The van der Waals surface area contributed by atoms with Crippen LogP contribution in [0.2, 0.25) is 10.2 Å². The Balaban J connectivity index is 2.20. The van der Waals surface area contributed by atoms with Crippen molar-refractivity contribution in [2.45, 2.75) is 0 Å². The van der Waals surface area contributed by atoms with Gasteiger partial charge in [0.2, 0.25) is 5.91 Å². The lowest BCUT2D eigenvalue weighted by atomic mass is 10.2. The molecule has 2 aromatic rings. The van der Waals surface area contributed by atoms with Gasteiger partial charge in [-0.2, -0.15) is 0 Å². The van der Waals surface area contributed by atoms with Gasteiger partial charge < -0.3 is 11.1 Å². The van der Waals surface area contributed by atoms with Gasteiger partial charge in [0.15, 0.2) is 0 Å². The summed E-state index contributed by atoms with van der Waals surface area (Å²) >= 11 is 11.6. The Kier molecular flexibility index (Phi) is 4.22. The van der Waals surface area contributed by atoms with E-state index in [0.29, 0.717) is 5.69 Å². The van der Waals surface area contributed by atoms with Crippen molar-refractivity contribution in [2.75, 3.05) is 5.32 Å². The Morgan fingerprint density at radius 3 is 2.50 bits per heavy atom. The van der Waals surface area contributed by atoms with Gasteiger partial charge in [-0.3, -0.25) is 9.59 Å². The number of hydrogen-bond acceptors (Lipinski definition) is 3. The molecule has 20 heavy (non-hydrogen) atoms. The average Bonchev–Trinajstić information content (AvgIpc) is 2.38. The lowest BCUT2D eigenvalue weighted by molar-refractivity contribution is 0.0998. The summed E-state index contributed by atoms with van der Waals surface area (Å²) in [6.45, 7) is 0. The van der Waals surface area contributed by atoms with Crippen molar-refractivity contribution < 1.29 is 9.59 Å². The number of rotatable bonds is 3. The maximum Gasteiger partial charge on any atom is 0.274 e. The largest absolute Gasteiger partial charge is 0.366 e. The van der Waals surface area contributed by atoms with Crippen LogP contribution in [-0.2, 0) is 0 Å². The third kappa shape index (κ3) is 3.26. The Labute approximate surface area is 124 Å². The molecule has 0 saturated carbocycles. The predicted molar refractivity (Wildman–Crippen MR) is 77.2 cm³/mol. The molecule has 1 heterocycles. The molecule has 0 fully saturated rings. The van der Waals surface area contributed by atoms with Crippen LogP contribution in [0.1, 0.15) is 20.8 Å². The smallest absolute Gasteiger partial charge is 0.274 e. The number of benzene rings is 1. The SMILES string of the molecule is NC(=O)c1ccc(NC(=O)c2cccc(Cl)n2)cc1Cl. The van der Waals surface area contributed by atoms with E-state index < -0.39 is 11.8 Å². The van der Waals surface area contributed by atoms with Gasteiger partial charge in [0.05, 0.1) is 10.6 Å². The van der Waals surface area contributed by atoms with Gasteiger partial charge >= 0.3 is 0 Å². The molecule has 0 aliphatic heterocycles. The number of nitrogens with zero attached hydrogens (tertiary/aromatic N) is 1. The second kappa shape index (κ2) is 5.90. The molecule has 0 saturated heterocycles. The molecule has 3 N–H and O–H groups in total. The van der Waals surface area contributed by atoms with Crippen molar-refractivity contribution >= 4 is 40.7 Å². The van der Waals surface area contributed by atoms with E-state index >= 15 is 0 Å². The normalized spacial score (nSPS) is 10.1. The number of amides is 2. The number of hydrogen-bond donors (Lipinski definition) is 2. The van der Waals surface area contributed by atoms with Crippen LogP contribution >= 0.6 is 23.2 Å². The fourth-order valence-electron chi connectivity index (χ4n) is 1.52. The number of pyridine rings is 1. The van der Waals surface area contributed by atoms with Crippen molar-refractivity contribution in [2.24, 2.45) is 5.73 Å². The van der Waals surface area contributed by atoms with E-state index in [-0.39, 0.29) is 21.4 Å². The molecule has 1 aromatic carbocycles. The Morgan fingerprint density at radius 1 is 1.15 bits per heavy atom. The zero-order chi connectivity index (χ0) is 14.7. The number of carbonyl (C=O) groups excluding carboxylic acids is 2. The van der Waals surface area contributed by atoms with Gasteiger partial charge in [-0.25, -0.2) is 4.98 Å². The van der Waals surface area contributed by atoms with E-state index in [1.807, 2.05) is 0 Å². The highest BCUT2D eigenvalue weighted by Crippen LogP contribution is 2.21. The number of nitrogens with one attached hydrogen (secondary N) is 1. The van der Waals surface area contributed by atoms with Crippen molar-refractivity contribution in [1.29, 1.82) is 0 Å². The summed E-state index contributed by atoms with van der Waals surface area (Å²) in [7, 11) is 0. The van der Waals surface area contributed by atoms with Gasteiger partial charge in [-0.05, 0) is 30.3 Å². The molecule has 0 radical (unpaired) electrons. The van der Waals surface area contributed by atoms with Gasteiger partial charge in [-0.1, -0.05) is 29.3 Å². The third-order valence-electron chi connectivity index (χ3n) is 2.44. The Hall–Kier alpha value is -2.11. The van der Waals surface area contributed by atoms with Crippen molar-refractivity contribution in [3.05, 3.63) is 57.8 Å². The van der Waals surface area contributed by atoms with Crippen LogP contribution in [-0.4, -0.2) is 16.8 Å². The van der Waals surface area contributed by atoms with E-state index in [4.69, 9.17) is 28.9 Å². The maximum atomic E-state index is 11.9. The number of aromatic nitrogens is 1. The van der Waals surface area contributed by atoms with E-state index in [0.717, 1.165) is 0 Å². The average molecular weight is 310 g/mol. The van der Waals surface area contributed by atoms with Crippen LogP contribution in [0, 0.1) is 0 Å². The molecule has 2 amide bonds. The Bertz CT molecular complexity index is 689. The molecule has 1 aromatic heterocycles. The number of nitrogens with two attached hydrogens (primary N) is 1. The van der Waals surface area contributed by atoms with Crippen molar-refractivity contribution in [3.63, 3.8) is 0 Å². The zero-order valence-electron chi connectivity index (χ0n) is 10.1. The lowest BCUT2D eigenvalue weighted by Crippen LogP contribution is -2.15. The molecule has 5 nitrogen and oxygen atoms in total. The standard InChI is InChI=1S/C13H9Cl2N3O2/c14-9-6-7(4-5-8(9)12(16)19)17-13(20)10-2-1-3-11(15)18-10/h1-6H,(H2,16,19)(H,17,20). The van der Waals surface area contributed by atoms with Crippen molar-refractivity contribution in [3.8, 4) is 0 Å².